The number of carbonyl (C=O) groups excluding carboxylic acids is 1. The second-order valence-corrected chi connectivity index (χ2v) is 6.05. The Labute approximate surface area is 117 Å². The maximum Gasteiger partial charge on any atom is 0.327 e. The van der Waals surface area contributed by atoms with Crippen molar-refractivity contribution in [3.8, 4) is 0 Å². The Morgan fingerprint density at radius 3 is 2.78 bits per heavy atom. The van der Waals surface area contributed by atoms with E-state index < -0.39 is 12.0 Å². The lowest BCUT2D eigenvalue weighted by molar-refractivity contribution is -0.148. The molecular formula is C12H12BrNO3S. The fourth-order valence-corrected chi connectivity index (χ4v) is 3.88. The van der Waals surface area contributed by atoms with Gasteiger partial charge in [0.1, 0.15) is 11.4 Å². The van der Waals surface area contributed by atoms with Crippen LogP contribution in [0.2, 0.25) is 0 Å². The van der Waals surface area contributed by atoms with Gasteiger partial charge in [-0.15, -0.1) is 11.8 Å². The number of hydrogen-bond donors (Lipinski definition) is 1. The minimum Gasteiger partial charge on any atom is -0.480 e. The Balaban J connectivity index is 2.33. The topological polar surface area (TPSA) is 57.6 Å². The van der Waals surface area contributed by atoms with E-state index in [2.05, 4.69) is 15.9 Å². The van der Waals surface area contributed by atoms with Crippen LogP contribution in [0.4, 0.5) is 0 Å². The van der Waals surface area contributed by atoms with Crippen molar-refractivity contribution < 1.29 is 14.7 Å². The Bertz CT molecular complexity index is 494. The quantitative estimate of drug-likeness (QED) is 0.905. The van der Waals surface area contributed by atoms with Gasteiger partial charge in [0.15, 0.2) is 0 Å². The van der Waals surface area contributed by atoms with Crippen molar-refractivity contribution in [3.05, 3.63) is 34.3 Å². The van der Waals surface area contributed by atoms with Crippen LogP contribution in [0.3, 0.4) is 0 Å². The van der Waals surface area contributed by atoms with Gasteiger partial charge in [0.25, 0.3) is 0 Å². The SMILES string of the molecule is CC(=O)N1[C@@H](C(=O)O)CS[C@@H]1c1cccc(Br)c1. The number of aliphatic carboxylic acids is 1. The van der Waals surface area contributed by atoms with Crippen molar-refractivity contribution in [2.24, 2.45) is 0 Å². The molecule has 1 N–H and O–H groups in total. The normalized spacial score (nSPS) is 23.1. The molecule has 1 aliphatic rings. The number of nitrogens with zero attached hydrogens (tertiary/aromatic N) is 1. The number of benzene rings is 1. The molecule has 1 saturated heterocycles. The van der Waals surface area contributed by atoms with Crippen LogP contribution in [0.5, 0.6) is 0 Å². The molecule has 1 amide bonds. The molecule has 0 aliphatic carbocycles. The molecule has 1 aromatic carbocycles. The standard InChI is InChI=1S/C12H12BrNO3S/c1-7(15)14-10(12(16)17)6-18-11(14)8-3-2-4-9(13)5-8/h2-5,10-11H,6H2,1H3,(H,16,17)/t10-,11-/m1/s1. The third kappa shape index (κ3) is 2.54. The minimum absolute atomic E-state index is 0.211. The van der Waals surface area contributed by atoms with Crippen molar-refractivity contribution in [3.63, 3.8) is 0 Å². The zero-order valence-electron chi connectivity index (χ0n) is 9.67. The summed E-state index contributed by atoms with van der Waals surface area (Å²) in [7, 11) is 0. The van der Waals surface area contributed by atoms with Gasteiger partial charge in [0, 0.05) is 17.1 Å². The molecule has 1 aliphatic heterocycles. The lowest BCUT2D eigenvalue weighted by Crippen LogP contribution is -2.41. The molecule has 0 radical (unpaired) electrons. The van der Waals surface area contributed by atoms with Crippen LogP contribution in [0.25, 0.3) is 0 Å². The second-order valence-electron chi connectivity index (χ2n) is 4.02. The van der Waals surface area contributed by atoms with Crippen molar-refractivity contribution >= 4 is 39.6 Å². The molecule has 0 bridgehead atoms. The molecule has 0 unspecified atom stereocenters. The Morgan fingerprint density at radius 1 is 1.50 bits per heavy atom. The Morgan fingerprint density at radius 2 is 2.22 bits per heavy atom. The number of rotatable bonds is 2. The highest BCUT2D eigenvalue weighted by Crippen LogP contribution is 2.41. The molecule has 1 fully saturated rings. The highest BCUT2D eigenvalue weighted by Gasteiger charge is 2.40. The van der Waals surface area contributed by atoms with E-state index in [1.807, 2.05) is 24.3 Å². The van der Waals surface area contributed by atoms with Crippen LogP contribution in [0.1, 0.15) is 17.9 Å². The van der Waals surface area contributed by atoms with Crippen LogP contribution < -0.4 is 0 Å². The van der Waals surface area contributed by atoms with E-state index in [0.29, 0.717) is 5.75 Å². The summed E-state index contributed by atoms with van der Waals surface area (Å²) in [5.41, 5.74) is 0.938. The van der Waals surface area contributed by atoms with Crippen LogP contribution >= 0.6 is 27.7 Å². The van der Waals surface area contributed by atoms with E-state index in [-0.39, 0.29) is 11.3 Å². The van der Waals surface area contributed by atoms with Gasteiger partial charge in [-0.1, -0.05) is 28.1 Å². The Hall–Kier alpha value is -1.01. The van der Waals surface area contributed by atoms with Crippen molar-refractivity contribution in [1.82, 2.24) is 4.90 Å². The predicted molar refractivity (Wildman–Crippen MR) is 73.3 cm³/mol. The highest BCUT2D eigenvalue weighted by atomic mass is 79.9. The molecule has 6 heteroatoms. The van der Waals surface area contributed by atoms with Crippen LogP contribution in [-0.2, 0) is 9.59 Å². The lowest BCUT2D eigenvalue weighted by Gasteiger charge is -2.26. The number of hydrogen-bond acceptors (Lipinski definition) is 3. The maximum absolute atomic E-state index is 11.7. The molecule has 1 heterocycles. The monoisotopic (exact) mass is 329 g/mol. The van der Waals surface area contributed by atoms with Gasteiger partial charge in [0.2, 0.25) is 5.91 Å². The largest absolute Gasteiger partial charge is 0.480 e. The summed E-state index contributed by atoms with van der Waals surface area (Å²) >= 11 is 4.86. The number of carboxylic acids is 1. The van der Waals surface area contributed by atoms with Crippen molar-refractivity contribution in [2.45, 2.75) is 18.3 Å². The van der Waals surface area contributed by atoms with Gasteiger partial charge < -0.3 is 10.0 Å². The van der Waals surface area contributed by atoms with E-state index in [0.717, 1.165) is 10.0 Å². The third-order valence-electron chi connectivity index (χ3n) is 2.78. The fourth-order valence-electron chi connectivity index (χ4n) is 2.00. The zero-order chi connectivity index (χ0) is 13.3. The van der Waals surface area contributed by atoms with Gasteiger partial charge in [-0.3, -0.25) is 4.79 Å². The molecule has 1 aromatic rings. The van der Waals surface area contributed by atoms with Gasteiger partial charge in [0.05, 0.1) is 0 Å². The summed E-state index contributed by atoms with van der Waals surface area (Å²) in [6, 6.07) is 6.86. The van der Waals surface area contributed by atoms with Gasteiger partial charge in [-0.05, 0) is 17.7 Å². The lowest BCUT2D eigenvalue weighted by atomic mass is 10.2. The number of thioether (sulfide) groups is 1. The third-order valence-corrected chi connectivity index (χ3v) is 4.60. The summed E-state index contributed by atoms with van der Waals surface area (Å²) in [5.74, 6) is -0.737. The Kier molecular flexibility index (Phi) is 3.97. The smallest absolute Gasteiger partial charge is 0.327 e. The number of carboxylic acid groups (broad SMARTS) is 1. The summed E-state index contributed by atoms with van der Waals surface area (Å²) in [6.07, 6.45) is 0. The summed E-state index contributed by atoms with van der Waals surface area (Å²) in [4.78, 5) is 24.3. The van der Waals surface area contributed by atoms with Gasteiger partial charge >= 0.3 is 5.97 Å². The van der Waals surface area contributed by atoms with Crippen LogP contribution in [0, 0.1) is 0 Å². The highest BCUT2D eigenvalue weighted by molar-refractivity contribution is 9.10. The molecule has 18 heavy (non-hydrogen) atoms. The number of halogens is 1. The summed E-state index contributed by atoms with van der Waals surface area (Å²) in [6.45, 7) is 1.41. The molecule has 2 rings (SSSR count). The van der Waals surface area contributed by atoms with Gasteiger partial charge in [-0.2, -0.15) is 0 Å². The van der Waals surface area contributed by atoms with Crippen LogP contribution in [0.15, 0.2) is 28.7 Å². The van der Waals surface area contributed by atoms with Crippen molar-refractivity contribution in [2.75, 3.05) is 5.75 Å². The average Bonchev–Trinajstić information content (AvgIpc) is 2.73. The minimum atomic E-state index is -0.949. The van der Waals surface area contributed by atoms with E-state index >= 15 is 0 Å². The van der Waals surface area contributed by atoms with E-state index in [1.54, 1.807) is 0 Å². The van der Waals surface area contributed by atoms with Crippen molar-refractivity contribution in [1.29, 1.82) is 0 Å². The molecular weight excluding hydrogens is 318 g/mol. The predicted octanol–water partition coefficient (Wildman–Crippen LogP) is 2.50. The molecule has 0 aromatic heterocycles. The number of amides is 1. The number of carbonyl (C=O) groups is 2. The molecule has 0 spiro atoms. The molecule has 2 atom stereocenters. The molecule has 0 saturated carbocycles. The average molecular weight is 330 g/mol. The first-order valence-corrected chi connectivity index (χ1v) is 7.23. The van der Waals surface area contributed by atoms with Gasteiger partial charge in [-0.25, -0.2) is 4.79 Å². The van der Waals surface area contributed by atoms with Crippen LogP contribution in [-0.4, -0.2) is 33.7 Å². The first-order valence-electron chi connectivity index (χ1n) is 5.39. The van der Waals surface area contributed by atoms with E-state index in [4.69, 9.17) is 5.11 Å². The zero-order valence-corrected chi connectivity index (χ0v) is 12.1. The first kappa shape index (κ1) is 13.4. The van der Waals surface area contributed by atoms with E-state index in [1.165, 1.54) is 23.6 Å². The molecule has 4 nitrogen and oxygen atoms in total. The fraction of sp³-hybridized carbons (Fsp3) is 0.333. The summed E-state index contributed by atoms with van der Waals surface area (Å²) in [5, 5.41) is 8.91. The summed E-state index contributed by atoms with van der Waals surface area (Å²) < 4.78 is 0.919. The second kappa shape index (κ2) is 5.32. The van der Waals surface area contributed by atoms with E-state index in [9.17, 15) is 9.59 Å². The maximum atomic E-state index is 11.7. The molecule has 96 valence electrons. The first-order chi connectivity index (χ1) is 8.50.